The molecule has 0 radical (unpaired) electrons. The van der Waals surface area contributed by atoms with Crippen molar-refractivity contribution >= 4 is 0 Å². The van der Waals surface area contributed by atoms with E-state index in [1.165, 1.54) is 56.9 Å². The molecule has 0 aromatic heterocycles. The SMILES string of the molecule is C[C@]12CC[C@H]3[C@@H](CC=C4CC(O)(O)CC[C@@]43C)[C@@H]1CC[C@@H]2CCC1CCO1. The van der Waals surface area contributed by atoms with Gasteiger partial charge in [-0.3, -0.25) is 0 Å². The quantitative estimate of drug-likeness (QED) is 0.550. The Balaban J connectivity index is 1.34. The molecule has 0 amide bonds. The van der Waals surface area contributed by atoms with E-state index in [0.717, 1.165) is 36.7 Å². The van der Waals surface area contributed by atoms with Crippen molar-refractivity contribution in [2.24, 2.45) is 34.5 Å². The van der Waals surface area contributed by atoms with Gasteiger partial charge in [-0.05, 0) is 92.3 Å². The predicted octanol–water partition coefficient (Wildman–Crippen LogP) is 4.82. The molecule has 0 spiro atoms. The number of allylic oxidation sites excluding steroid dienone is 1. The average molecular weight is 375 g/mol. The first-order valence-corrected chi connectivity index (χ1v) is 11.6. The van der Waals surface area contributed by atoms with E-state index in [1.807, 2.05) is 0 Å². The fourth-order valence-electron chi connectivity index (χ4n) is 8.11. The second-order valence-corrected chi connectivity index (χ2v) is 11.1. The molecule has 27 heavy (non-hydrogen) atoms. The van der Waals surface area contributed by atoms with E-state index in [0.29, 0.717) is 24.4 Å². The number of fused-ring (bicyclic) bond motifs is 5. The molecule has 0 bridgehead atoms. The van der Waals surface area contributed by atoms with Gasteiger partial charge in [-0.2, -0.15) is 0 Å². The third kappa shape index (κ3) is 2.87. The number of hydrogen-bond donors (Lipinski definition) is 2. The van der Waals surface area contributed by atoms with Crippen LogP contribution in [-0.2, 0) is 4.74 Å². The summed E-state index contributed by atoms with van der Waals surface area (Å²) in [5.41, 5.74) is 2.08. The maximum atomic E-state index is 10.2. The number of hydrogen-bond acceptors (Lipinski definition) is 3. The number of rotatable bonds is 3. The van der Waals surface area contributed by atoms with Gasteiger partial charge >= 0.3 is 0 Å². The second-order valence-electron chi connectivity index (χ2n) is 11.1. The van der Waals surface area contributed by atoms with Crippen LogP contribution in [-0.4, -0.2) is 28.7 Å². The van der Waals surface area contributed by atoms with E-state index in [9.17, 15) is 10.2 Å². The van der Waals surface area contributed by atoms with Crippen molar-refractivity contribution in [2.75, 3.05) is 6.61 Å². The fourth-order valence-corrected chi connectivity index (χ4v) is 8.11. The van der Waals surface area contributed by atoms with Crippen LogP contribution in [0.2, 0.25) is 0 Å². The van der Waals surface area contributed by atoms with Crippen LogP contribution in [0.25, 0.3) is 0 Å². The summed E-state index contributed by atoms with van der Waals surface area (Å²) in [4.78, 5) is 0. The highest BCUT2D eigenvalue weighted by Gasteiger charge is 2.59. The van der Waals surface area contributed by atoms with Crippen LogP contribution >= 0.6 is 0 Å². The predicted molar refractivity (Wildman–Crippen MR) is 106 cm³/mol. The Morgan fingerprint density at radius 2 is 1.81 bits per heavy atom. The minimum Gasteiger partial charge on any atom is -0.378 e. The highest BCUT2D eigenvalue weighted by molar-refractivity contribution is 5.26. The molecular formula is C24H38O3. The van der Waals surface area contributed by atoms with Gasteiger partial charge < -0.3 is 14.9 Å². The van der Waals surface area contributed by atoms with Crippen molar-refractivity contribution in [3.63, 3.8) is 0 Å². The summed E-state index contributed by atoms with van der Waals surface area (Å²) in [7, 11) is 0. The Hall–Kier alpha value is -0.380. The summed E-state index contributed by atoms with van der Waals surface area (Å²) >= 11 is 0. The van der Waals surface area contributed by atoms with Crippen molar-refractivity contribution in [3.8, 4) is 0 Å². The summed E-state index contributed by atoms with van der Waals surface area (Å²) in [6.07, 6.45) is 15.6. The van der Waals surface area contributed by atoms with Crippen molar-refractivity contribution < 1.29 is 14.9 Å². The lowest BCUT2D eigenvalue weighted by Crippen LogP contribution is -2.52. The van der Waals surface area contributed by atoms with Gasteiger partial charge in [0.15, 0.2) is 5.79 Å². The molecule has 0 aromatic rings. The zero-order valence-electron chi connectivity index (χ0n) is 17.3. The Labute approximate surface area is 164 Å². The van der Waals surface area contributed by atoms with Crippen LogP contribution in [0, 0.1) is 34.5 Å². The summed E-state index contributed by atoms with van der Waals surface area (Å²) in [5.74, 6) is 1.85. The summed E-state index contributed by atoms with van der Waals surface area (Å²) < 4.78 is 5.69. The molecule has 5 aliphatic rings. The Morgan fingerprint density at radius 1 is 1.00 bits per heavy atom. The molecule has 4 fully saturated rings. The lowest BCUT2D eigenvalue weighted by atomic mass is 9.47. The van der Waals surface area contributed by atoms with Crippen molar-refractivity contribution in [1.82, 2.24) is 0 Å². The summed E-state index contributed by atoms with van der Waals surface area (Å²) in [5, 5.41) is 20.4. The van der Waals surface area contributed by atoms with Crippen molar-refractivity contribution in [2.45, 2.75) is 96.4 Å². The first kappa shape index (κ1) is 18.6. The molecule has 4 aliphatic carbocycles. The van der Waals surface area contributed by atoms with E-state index < -0.39 is 5.79 Å². The average Bonchev–Trinajstić information content (AvgIpc) is 2.91. The highest BCUT2D eigenvalue weighted by Crippen LogP contribution is 2.67. The standard InChI is InChI=1S/C24H38O3/c1-22-11-9-21-19(7-4-17-15-24(25,26)13-12-23(17,21)2)20(22)8-5-16(22)3-6-18-10-14-27-18/h4,16,18-21,25-26H,3,5-15H2,1-2H3/t16-,18?,19-,20-,21-,22+,23-/m0/s1. The Morgan fingerprint density at radius 3 is 2.56 bits per heavy atom. The molecule has 2 N–H and O–H groups in total. The minimum absolute atomic E-state index is 0.205. The van der Waals surface area contributed by atoms with Crippen LogP contribution < -0.4 is 0 Å². The normalized spacial score (nSPS) is 50.8. The first-order chi connectivity index (χ1) is 12.8. The van der Waals surface area contributed by atoms with Gasteiger partial charge in [0, 0.05) is 19.4 Å². The van der Waals surface area contributed by atoms with Crippen LogP contribution in [0.3, 0.4) is 0 Å². The van der Waals surface area contributed by atoms with Gasteiger partial charge in [-0.25, -0.2) is 0 Å². The lowest BCUT2D eigenvalue weighted by molar-refractivity contribution is -0.188. The molecule has 1 heterocycles. The maximum Gasteiger partial charge on any atom is 0.166 e. The molecule has 5 rings (SSSR count). The van der Waals surface area contributed by atoms with Gasteiger partial charge in [-0.15, -0.1) is 0 Å². The Kier molecular flexibility index (Phi) is 4.35. The van der Waals surface area contributed by atoms with Crippen molar-refractivity contribution in [3.05, 3.63) is 11.6 Å². The second kappa shape index (κ2) is 6.31. The smallest absolute Gasteiger partial charge is 0.166 e. The van der Waals surface area contributed by atoms with Crippen molar-refractivity contribution in [1.29, 1.82) is 0 Å². The molecule has 152 valence electrons. The van der Waals surface area contributed by atoms with Gasteiger partial charge in [0.05, 0.1) is 6.10 Å². The molecular weight excluding hydrogens is 336 g/mol. The molecule has 1 unspecified atom stereocenters. The fraction of sp³-hybridized carbons (Fsp3) is 0.917. The molecule has 1 aliphatic heterocycles. The van der Waals surface area contributed by atoms with Crippen LogP contribution in [0.4, 0.5) is 0 Å². The van der Waals surface area contributed by atoms with Gasteiger partial charge in [0.1, 0.15) is 0 Å². The maximum absolute atomic E-state index is 10.2. The van der Waals surface area contributed by atoms with Gasteiger partial charge in [0.2, 0.25) is 0 Å². The zero-order chi connectivity index (χ0) is 18.9. The van der Waals surface area contributed by atoms with Crippen LogP contribution in [0.15, 0.2) is 11.6 Å². The topological polar surface area (TPSA) is 49.7 Å². The summed E-state index contributed by atoms with van der Waals surface area (Å²) in [6, 6.07) is 0. The van der Waals surface area contributed by atoms with E-state index in [1.54, 1.807) is 0 Å². The summed E-state index contributed by atoms with van der Waals surface area (Å²) in [6.45, 7) is 6.03. The molecule has 7 atom stereocenters. The molecule has 3 heteroatoms. The largest absolute Gasteiger partial charge is 0.378 e. The first-order valence-electron chi connectivity index (χ1n) is 11.6. The Bertz CT molecular complexity index is 621. The van der Waals surface area contributed by atoms with E-state index >= 15 is 0 Å². The number of ether oxygens (including phenoxy) is 1. The highest BCUT2D eigenvalue weighted by atomic mass is 16.5. The third-order valence-electron chi connectivity index (χ3n) is 9.97. The molecule has 0 aromatic carbocycles. The van der Waals surface area contributed by atoms with E-state index in [-0.39, 0.29) is 5.41 Å². The molecule has 1 saturated heterocycles. The minimum atomic E-state index is -1.47. The van der Waals surface area contributed by atoms with Crippen LogP contribution in [0.5, 0.6) is 0 Å². The van der Waals surface area contributed by atoms with Gasteiger partial charge in [-0.1, -0.05) is 25.5 Å². The number of aliphatic hydroxyl groups is 2. The lowest BCUT2D eigenvalue weighted by Gasteiger charge is -2.58. The third-order valence-corrected chi connectivity index (χ3v) is 9.97. The molecule has 3 saturated carbocycles. The van der Waals surface area contributed by atoms with Gasteiger partial charge in [0.25, 0.3) is 0 Å². The monoisotopic (exact) mass is 374 g/mol. The van der Waals surface area contributed by atoms with E-state index in [4.69, 9.17) is 4.74 Å². The van der Waals surface area contributed by atoms with Crippen LogP contribution in [0.1, 0.15) is 84.5 Å². The molecule has 3 nitrogen and oxygen atoms in total. The zero-order valence-corrected chi connectivity index (χ0v) is 17.3. The van der Waals surface area contributed by atoms with E-state index in [2.05, 4.69) is 19.9 Å².